The minimum atomic E-state index is -0.177. The van der Waals surface area contributed by atoms with E-state index in [1.54, 1.807) is 29.1 Å². The van der Waals surface area contributed by atoms with E-state index < -0.39 is 0 Å². The molecule has 1 heterocycles. The Bertz CT molecular complexity index is 1060. The van der Waals surface area contributed by atoms with Crippen LogP contribution in [0.4, 0.5) is 5.69 Å². The number of nitrogens with zero attached hydrogens (tertiary/aromatic N) is 1. The molecule has 0 atom stereocenters. The maximum atomic E-state index is 13.5. The summed E-state index contributed by atoms with van der Waals surface area (Å²) in [4.78, 5) is 0.334. The fourth-order valence-electron chi connectivity index (χ4n) is 3.25. The van der Waals surface area contributed by atoms with Crippen molar-refractivity contribution in [1.82, 2.24) is 0 Å². The summed E-state index contributed by atoms with van der Waals surface area (Å²) >= 11 is 5.70. The van der Waals surface area contributed by atoms with Gasteiger partial charge in [0.15, 0.2) is 17.4 Å². The Morgan fingerprint density at radius 3 is 2.37 bits per heavy atom. The molecule has 0 amide bonds. The normalized spacial score (nSPS) is 11.7. The quantitative estimate of drug-likeness (QED) is 0.266. The van der Waals surface area contributed by atoms with Crippen LogP contribution in [0.2, 0.25) is 0 Å². The predicted octanol–water partition coefficient (Wildman–Crippen LogP) is 3.72. The lowest BCUT2D eigenvalue weighted by Gasteiger charge is -2.18. The highest BCUT2D eigenvalue weighted by Crippen LogP contribution is 2.20. The summed E-state index contributed by atoms with van der Waals surface area (Å²) in [6.45, 7) is 4.04. The van der Waals surface area contributed by atoms with Crippen molar-refractivity contribution in [2.24, 2.45) is 0 Å². The number of rotatable bonds is 7. The maximum absolute atomic E-state index is 13.5. The molecule has 1 aromatic heterocycles. The van der Waals surface area contributed by atoms with Crippen LogP contribution in [0.25, 0.3) is 11.5 Å². The Labute approximate surface area is 183 Å². The van der Waals surface area contributed by atoms with E-state index in [1.165, 1.54) is 5.56 Å². The van der Waals surface area contributed by atoms with Crippen LogP contribution in [-0.4, -0.2) is 10.1 Å². The molecule has 0 aliphatic rings. The first kappa shape index (κ1) is 21.7. The third-order valence-corrected chi connectivity index (χ3v) is 5.30. The number of thiocarbonyl (C=S) groups is 1. The van der Waals surface area contributed by atoms with Gasteiger partial charge in [-0.15, -0.1) is 0 Å². The molecule has 0 radical (unpaired) electrons. The molecule has 5 heteroatoms. The van der Waals surface area contributed by atoms with Crippen LogP contribution in [0.3, 0.4) is 0 Å². The van der Waals surface area contributed by atoms with Crippen LogP contribution < -0.4 is 15.0 Å². The van der Waals surface area contributed by atoms with Gasteiger partial charge in [-0.1, -0.05) is 68.5 Å². The summed E-state index contributed by atoms with van der Waals surface area (Å²) in [5.41, 5.74) is 4.78. The zero-order chi connectivity index (χ0) is 21.5. The number of hydrogen-bond donors (Lipinski definition) is 2. The maximum Gasteiger partial charge on any atom is 0.238 e. The first-order chi connectivity index (χ1) is 14.6. The molecule has 0 aliphatic carbocycles. The number of aromatic nitrogens is 1. The molecule has 4 nitrogen and oxygen atoms in total. The number of aryl methyl sites for hydroxylation is 2. The molecule has 0 saturated heterocycles. The van der Waals surface area contributed by atoms with Crippen molar-refractivity contribution < 1.29 is 14.8 Å². The molecule has 0 saturated carbocycles. The number of aliphatic hydroxyl groups is 1. The standard InChI is InChI=1S/C25H26N2O2S/c1-3-18-11-13-21(14-12-18)24(29)23(27-15-7-8-19(16-27)17-28)25(30)26-22-10-6-5-9-20(22)4-2/h5-16,28H,3-4,17H2,1-2H3,(H-,26,29,30). The molecular formula is C25H26N2O2S. The summed E-state index contributed by atoms with van der Waals surface area (Å²) in [5.74, 6) is -0.177. The smallest absolute Gasteiger partial charge is 0.238 e. The minimum absolute atomic E-state index is 0.119. The first-order valence-electron chi connectivity index (χ1n) is 10.1. The Morgan fingerprint density at radius 2 is 1.70 bits per heavy atom. The van der Waals surface area contributed by atoms with Crippen molar-refractivity contribution in [2.45, 2.75) is 33.3 Å². The molecule has 0 unspecified atom stereocenters. The number of benzene rings is 2. The van der Waals surface area contributed by atoms with Crippen LogP contribution in [0.5, 0.6) is 0 Å². The lowest BCUT2D eigenvalue weighted by atomic mass is 10.1. The van der Waals surface area contributed by atoms with E-state index in [2.05, 4.69) is 19.2 Å². The SMILES string of the molecule is CCc1ccc(C([O-])=C(C(=S)Nc2ccccc2CC)[n+]2cccc(CO)c2)cc1. The summed E-state index contributed by atoms with van der Waals surface area (Å²) in [7, 11) is 0. The Kier molecular flexibility index (Phi) is 7.33. The molecule has 154 valence electrons. The number of nitrogens with one attached hydrogen (secondary N) is 1. The first-order valence-corrected chi connectivity index (χ1v) is 10.5. The van der Waals surface area contributed by atoms with Gasteiger partial charge < -0.3 is 15.5 Å². The highest BCUT2D eigenvalue weighted by Gasteiger charge is 2.20. The van der Waals surface area contributed by atoms with E-state index >= 15 is 0 Å². The molecular weight excluding hydrogens is 392 g/mol. The van der Waals surface area contributed by atoms with Crippen LogP contribution in [0.1, 0.15) is 36.1 Å². The minimum Gasteiger partial charge on any atom is -0.867 e. The topological polar surface area (TPSA) is 59.2 Å². The summed E-state index contributed by atoms with van der Waals surface area (Å²) in [5, 5.41) is 26.3. The van der Waals surface area contributed by atoms with Crippen molar-refractivity contribution in [1.29, 1.82) is 0 Å². The van der Waals surface area contributed by atoms with E-state index in [0.717, 1.165) is 24.1 Å². The second-order valence-corrected chi connectivity index (χ2v) is 7.38. The molecule has 0 bridgehead atoms. The summed E-state index contributed by atoms with van der Waals surface area (Å²) in [6.07, 6.45) is 5.26. The van der Waals surface area contributed by atoms with Crippen molar-refractivity contribution in [3.05, 3.63) is 95.3 Å². The number of para-hydroxylation sites is 1. The third kappa shape index (κ3) is 4.93. The van der Waals surface area contributed by atoms with Gasteiger partial charge in [0.25, 0.3) is 0 Å². The molecule has 0 aliphatic heterocycles. The van der Waals surface area contributed by atoms with E-state index in [-0.39, 0.29) is 12.4 Å². The highest BCUT2D eigenvalue weighted by molar-refractivity contribution is 7.81. The highest BCUT2D eigenvalue weighted by atomic mass is 32.1. The predicted molar refractivity (Wildman–Crippen MR) is 124 cm³/mol. The lowest BCUT2D eigenvalue weighted by molar-refractivity contribution is -0.578. The van der Waals surface area contributed by atoms with Gasteiger partial charge in [-0.2, -0.15) is 4.57 Å². The second kappa shape index (κ2) is 10.1. The third-order valence-electron chi connectivity index (χ3n) is 5.00. The molecule has 3 rings (SSSR count). The van der Waals surface area contributed by atoms with E-state index in [1.807, 2.05) is 48.5 Å². The molecule has 3 aromatic rings. The average molecular weight is 419 g/mol. The van der Waals surface area contributed by atoms with Gasteiger partial charge in [-0.25, -0.2) is 0 Å². The molecule has 2 N–H and O–H groups in total. The van der Waals surface area contributed by atoms with Crippen molar-refractivity contribution >= 4 is 34.3 Å². The van der Waals surface area contributed by atoms with Gasteiger partial charge in [0.05, 0.1) is 6.61 Å². The monoisotopic (exact) mass is 418 g/mol. The summed E-state index contributed by atoms with van der Waals surface area (Å²) in [6, 6.07) is 19.1. The number of aliphatic hydroxyl groups excluding tert-OH is 1. The lowest BCUT2D eigenvalue weighted by Crippen LogP contribution is -2.40. The van der Waals surface area contributed by atoms with Crippen LogP contribution in [0, 0.1) is 0 Å². The van der Waals surface area contributed by atoms with E-state index in [4.69, 9.17) is 12.2 Å². The fourth-order valence-corrected chi connectivity index (χ4v) is 3.56. The zero-order valence-electron chi connectivity index (χ0n) is 17.3. The van der Waals surface area contributed by atoms with Gasteiger partial charge in [-0.05, 0) is 47.4 Å². The van der Waals surface area contributed by atoms with Gasteiger partial charge in [0.2, 0.25) is 5.70 Å². The van der Waals surface area contributed by atoms with Gasteiger partial charge in [0, 0.05) is 17.3 Å². The molecule has 0 spiro atoms. The zero-order valence-corrected chi connectivity index (χ0v) is 18.1. The molecule has 30 heavy (non-hydrogen) atoms. The average Bonchev–Trinajstić information content (AvgIpc) is 2.79. The second-order valence-electron chi connectivity index (χ2n) is 6.97. The Balaban J connectivity index is 2.09. The van der Waals surface area contributed by atoms with Crippen molar-refractivity contribution in [3.63, 3.8) is 0 Å². The largest absolute Gasteiger partial charge is 0.867 e. The number of hydrogen-bond acceptors (Lipinski definition) is 3. The van der Waals surface area contributed by atoms with Crippen LogP contribution >= 0.6 is 12.2 Å². The van der Waals surface area contributed by atoms with Gasteiger partial charge in [0.1, 0.15) is 0 Å². The molecule has 0 fully saturated rings. The van der Waals surface area contributed by atoms with Gasteiger partial charge >= 0.3 is 0 Å². The van der Waals surface area contributed by atoms with Gasteiger partial charge in [-0.3, -0.25) is 0 Å². The van der Waals surface area contributed by atoms with Crippen LogP contribution in [0.15, 0.2) is 73.1 Å². The van der Waals surface area contributed by atoms with E-state index in [0.29, 0.717) is 21.8 Å². The Hall–Kier alpha value is -3.02. The number of pyridine rings is 1. The fraction of sp³-hybridized carbons (Fsp3) is 0.200. The molecule has 2 aromatic carbocycles. The van der Waals surface area contributed by atoms with E-state index in [9.17, 15) is 10.2 Å². The summed E-state index contributed by atoms with van der Waals surface area (Å²) < 4.78 is 1.69. The van der Waals surface area contributed by atoms with Crippen molar-refractivity contribution in [3.8, 4) is 0 Å². The number of anilines is 1. The Morgan fingerprint density at radius 1 is 0.967 bits per heavy atom. The van der Waals surface area contributed by atoms with Crippen LogP contribution in [-0.2, 0) is 19.4 Å². The van der Waals surface area contributed by atoms with Crippen molar-refractivity contribution in [2.75, 3.05) is 5.32 Å².